The minimum Gasteiger partial charge on any atom is -0.494 e. The van der Waals surface area contributed by atoms with Crippen molar-refractivity contribution in [1.82, 2.24) is 10.6 Å². The molecule has 0 spiro atoms. The summed E-state index contributed by atoms with van der Waals surface area (Å²) in [7, 11) is 0. The number of carbonyl (C=O) groups excluding carboxylic acids is 1. The van der Waals surface area contributed by atoms with Gasteiger partial charge in [0.25, 0.3) is 0 Å². The SMILES string of the molecule is CCOc1cccc(CNC(=O)C2CNC2)c1.Cl. The molecule has 1 aliphatic heterocycles. The maximum Gasteiger partial charge on any atom is 0.225 e. The molecule has 1 aromatic carbocycles. The predicted molar refractivity (Wildman–Crippen MR) is 73.1 cm³/mol. The first-order valence-electron chi connectivity index (χ1n) is 5.99. The van der Waals surface area contributed by atoms with Gasteiger partial charge in [0, 0.05) is 19.6 Å². The summed E-state index contributed by atoms with van der Waals surface area (Å²) in [6, 6.07) is 7.81. The van der Waals surface area contributed by atoms with E-state index >= 15 is 0 Å². The molecule has 0 unspecified atom stereocenters. The Morgan fingerprint density at radius 1 is 1.50 bits per heavy atom. The summed E-state index contributed by atoms with van der Waals surface area (Å²) in [4.78, 5) is 11.6. The van der Waals surface area contributed by atoms with Gasteiger partial charge in [-0.1, -0.05) is 12.1 Å². The van der Waals surface area contributed by atoms with Gasteiger partial charge < -0.3 is 15.4 Å². The molecule has 1 amide bonds. The fraction of sp³-hybridized carbons (Fsp3) is 0.462. The van der Waals surface area contributed by atoms with Crippen LogP contribution in [0.15, 0.2) is 24.3 Å². The molecule has 1 saturated heterocycles. The molecule has 1 heterocycles. The quantitative estimate of drug-likeness (QED) is 0.849. The van der Waals surface area contributed by atoms with Gasteiger partial charge in [-0.05, 0) is 24.6 Å². The summed E-state index contributed by atoms with van der Waals surface area (Å²) in [5.41, 5.74) is 1.07. The first-order valence-corrected chi connectivity index (χ1v) is 5.99. The number of halogens is 1. The number of amides is 1. The van der Waals surface area contributed by atoms with Crippen LogP contribution in [0, 0.1) is 5.92 Å². The van der Waals surface area contributed by atoms with Crippen LogP contribution in [0.3, 0.4) is 0 Å². The molecule has 5 heteroatoms. The zero-order valence-electron chi connectivity index (χ0n) is 10.4. The molecule has 1 aliphatic rings. The third kappa shape index (κ3) is 3.89. The molecule has 0 saturated carbocycles. The van der Waals surface area contributed by atoms with Gasteiger partial charge in [-0.2, -0.15) is 0 Å². The van der Waals surface area contributed by atoms with E-state index < -0.39 is 0 Å². The van der Waals surface area contributed by atoms with E-state index in [4.69, 9.17) is 4.74 Å². The third-order valence-corrected chi connectivity index (χ3v) is 2.83. The van der Waals surface area contributed by atoms with Crippen LogP contribution in [-0.2, 0) is 11.3 Å². The average Bonchev–Trinajstić information content (AvgIpc) is 2.25. The number of ether oxygens (including phenoxy) is 1. The Labute approximate surface area is 114 Å². The van der Waals surface area contributed by atoms with Crippen LogP contribution < -0.4 is 15.4 Å². The molecule has 18 heavy (non-hydrogen) atoms. The van der Waals surface area contributed by atoms with Crippen molar-refractivity contribution in [2.75, 3.05) is 19.7 Å². The normalized spacial score (nSPS) is 14.3. The standard InChI is InChI=1S/C13H18N2O2.ClH/c1-2-17-12-5-3-4-10(6-12)7-15-13(16)11-8-14-9-11;/h3-6,11,14H,2,7-9H2,1H3,(H,15,16);1H. The fourth-order valence-electron chi connectivity index (χ4n) is 1.72. The van der Waals surface area contributed by atoms with Crippen molar-refractivity contribution in [3.8, 4) is 5.75 Å². The Morgan fingerprint density at radius 3 is 2.89 bits per heavy atom. The minimum absolute atomic E-state index is 0. The van der Waals surface area contributed by atoms with Gasteiger partial charge in [0.2, 0.25) is 5.91 Å². The summed E-state index contributed by atoms with van der Waals surface area (Å²) in [6.45, 7) is 4.77. The first-order chi connectivity index (χ1) is 8.29. The highest BCUT2D eigenvalue weighted by Crippen LogP contribution is 2.13. The molecule has 0 radical (unpaired) electrons. The molecule has 1 fully saturated rings. The second-order valence-corrected chi connectivity index (χ2v) is 4.15. The van der Waals surface area contributed by atoms with Crippen LogP contribution in [0.25, 0.3) is 0 Å². The summed E-state index contributed by atoms with van der Waals surface area (Å²) in [5.74, 6) is 1.13. The molecule has 4 nitrogen and oxygen atoms in total. The van der Waals surface area contributed by atoms with Gasteiger partial charge in [0.1, 0.15) is 5.75 Å². The van der Waals surface area contributed by atoms with Crippen LogP contribution in [0.2, 0.25) is 0 Å². The van der Waals surface area contributed by atoms with Crippen molar-refractivity contribution in [1.29, 1.82) is 0 Å². The zero-order valence-corrected chi connectivity index (χ0v) is 11.3. The Bertz CT molecular complexity index is 394. The lowest BCUT2D eigenvalue weighted by atomic mass is 10.0. The average molecular weight is 271 g/mol. The van der Waals surface area contributed by atoms with E-state index in [0.717, 1.165) is 24.4 Å². The predicted octanol–water partition coefficient (Wildman–Crippen LogP) is 1.34. The number of benzene rings is 1. The summed E-state index contributed by atoms with van der Waals surface area (Å²) < 4.78 is 5.41. The maximum atomic E-state index is 11.6. The Kier molecular flexibility index (Phi) is 5.95. The third-order valence-electron chi connectivity index (χ3n) is 2.83. The van der Waals surface area contributed by atoms with E-state index in [1.165, 1.54) is 0 Å². The van der Waals surface area contributed by atoms with Gasteiger partial charge in [0.15, 0.2) is 0 Å². The molecule has 2 rings (SSSR count). The summed E-state index contributed by atoms with van der Waals surface area (Å²) >= 11 is 0. The van der Waals surface area contributed by atoms with E-state index in [0.29, 0.717) is 13.2 Å². The molecule has 0 bridgehead atoms. The van der Waals surface area contributed by atoms with Crippen LogP contribution in [0.1, 0.15) is 12.5 Å². The lowest BCUT2D eigenvalue weighted by molar-refractivity contribution is -0.126. The smallest absolute Gasteiger partial charge is 0.225 e. The number of hydrogen-bond donors (Lipinski definition) is 2. The van der Waals surface area contributed by atoms with Crippen molar-refractivity contribution >= 4 is 18.3 Å². The second-order valence-electron chi connectivity index (χ2n) is 4.15. The van der Waals surface area contributed by atoms with Crippen LogP contribution in [-0.4, -0.2) is 25.6 Å². The van der Waals surface area contributed by atoms with Crippen LogP contribution in [0.5, 0.6) is 5.75 Å². The number of rotatable bonds is 5. The van der Waals surface area contributed by atoms with Gasteiger partial charge in [-0.15, -0.1) is 12.4 Å². The van der Waals surface area contributed by atoms with Crippen molar-refractivity contribution < 1.29 is 9.53 Å². The van der Waals surface area contributed by atoms with Crippen LogP contribution >= 0.6 is 12.4 Å². The summed E-state index contributed by atoms with van der Waals surface area (Å²) in [6.07, 6.45) is 0. The number of nitrogens with one attached hydrogen (secondary N) is 2. The molecular weight excluding hydrogens is 252 g/mol. The van der Waals surface area contributed by atoms with Crippen LogP contribution in [0.4, 0.5) is 0 Å². The van der Waals surface area contributed by atoms with E-state index in [1.54, 1.807) is 0 Å². The number of carbonyl (C=O) groups is 1. The van der Waals surface area contributed by atoms with E-state index in [1.807, 2.05) is 31.2 Å². The number of hydrogen-bond acceptors (Lipinski definition) is 3. The Morgan fingerprint density at radius 2 is 2.28 bits per heavy atom. The highest BCUT2D eigenvalue weighted by atomic mass is 35.5. The lowest BCUT2D eigenvalue weighted by Crippen LogP contribution is -2.50. The fourth-order valence-corrected chi connectivity index (χ4v) is 1.72. The molecular formula is C13H19ClN2O2. The Balaban J connectivity index is 0.00000162. The first kappa shape index (κ1) is 14.8. The monoisotopic (exact) mass is 270 g/mol. The minimum atomic E-state index is 0. The zero-order chi connectivity index (χ0) is 12.1. The molecule has 100 valence electrons. The van der Waals surface area contributed by atoms with Crippen molar-refractivity contribution in [3.63, 3.8) is 0 Å². The van der Waals surface area contributed by atoms with Gasteiger partial charge >= 0.3 is 0 Å². The van der Waals surface area contributed by atoms with Crippen molar-refractivity contribution in [2.45, 2.75) is 13.5 Å². The van der Waals surface area contributed by atoms with Gasteiger partial charge in [0.05, 0.1) is 12.5 Å². The van der Waals surface area contributed by atoms with Gasteiger partial charge in [-0.25, -0.2) is 0 Å². The highest BCUT2D eigenvalue weighted by molar-refractivity contribution is 5.85. The summed E-state index contributed by atoms with van der Waals surface area (Å²) in [5, 5.41) is 6.02. The van der Waals surface area contributed by atoms with Gasteiger partial charge in [-0.3, -0.25) is 4.79 Å². The molecule has 0 aliphatic carbocycles. The molecule has 0 atom stereocenters. The highest BCUT2D eigenvalue weighted by Gasteiger charge is 2.24. The van der Waals surface area contributed by atoms with Crippen molar-refractivity contribution in [3.05, 3.63) is 29.8 Å². The largest absolute Gasteiger partial charge is 0.494 e. The van der Waals surface area contributed by atoms with E-state index in [-0.39, 0.29) is 24.2 Å². The Hall–Kier alpha value is -1.26. The lowest BCUT2D eigenvalue weighted by Gasteiger charge is -2.25. The maximum absolute atomic E-state index is 11.6. The molecule has 2 N–H and O–H groups in total. The molecule has 0 aromatic heterocycles. The van der Waals surface area contributed by atoms with E-state index in [2.05, 4.69) is 10.6 Å². The topological polar surface area (TPSA) is 50.4 Å². The second kappa shape index (κ2) is 7.24. The van der Waals surface area contributed by atoms with E-state index in [9.17, 15) is 4.79 Å². The van der Waals surface area contributed by atoms with Crippen molar-refractivity contribution in [2.24, 2.45) is 5.92 Å². The molecule has 1 aromatic rings.